The summed E-state index contributed by atoms with van der Waals surface area (Å²) in [6.07, 6.45) is 0. The Morgan fingerprint density at radius 3 is 2.30 bits per heavy atom. The Kier molecular flexibility index (Phi) is 3.79. The lowest BCUT2D eigenvalue weighted by atomic mass is 10.1. The number of rotatable bonds is 3. The normalized spacial score (nSPS) is 10.1. The average molecular weight is 273 g/mol. The Bertz CT molecular complexity index is 665. The van der Waals surface area contributed by atoms with Gasteiger partial charge in [-0.15, -0.1) is 0 Å². The molecule has 0 atom stereocenters. The molecule has 102 valence electrons. The molecule has 0 saturated heterocycles. The molecule has 0 aliphatic rings. The Hall–Kier alpha value is -2.69. The molecule has 5 heteroatoms. The average Bonchev–Trinajstić information content (AvgIpc) is 2.39. The van der Waals surface area contributed by atoms with Crippen LogP contribution in [0, 0.1) is 5.82 Å². The summed E-state index contributed by atoms with van der Waals surface area (Å²) in [5.41, 5.74) is 0.810. The van der Waals surface area contributed by atoms with E-state index in [1.807, 2.05) is 0 Å². The zero-order valence-corrected chi connectivity index (χ0v) is 10.7. The van der Waals surface area contributed by atoms with Crippen LogP contribution in [0.5, 0.6) is 5.75 Å². The van der Waals surface area contributed by atoms with Crippen LogP contribution in [-0.4, -0.2) is 16.8 Å². The lowest BCUT2D eigenvalue weighted by Gasteiger charge is -2.07. The van der Waals surface area contributed by atoms with Crippen molar-refractivity contribution in [2.45, 2.75) is 6.92 Å². The third-order valence-corrected chi connectivity index (χ3v) is 2.75. The maximum atomic E-state index is 13.5. The minimum Gasteiger partial charge on any atom is -0.508 e. The number of carbonyl (C=O) groups is 2. The molecule has 2 aromatic carbocycles. The number of hydrogen-bond donors (Lipinski definition) is 2. The molecule has 0 unspecified atom stereocenters. The first-order valence-corrected chi connectivity index (χ1v) is 5.88. The van der Waals surface area contributed by atoms with Crippen molar-refractivity contribution < 1.29 is 19.1 Å². The van der Waals surface area contributed by atoms with E-state index in [4.69, 9.17) is 5.11 Å². The molecule has 0 aliphatic heterocycles. The highest BCUT2D eigenvalue weighted by Gasteiger charge is 2.12. The molecule has 0 saturated carbocycles. The van der Waals surface area contributed by atoms with Crippen LogP contribution in [0.1, 0.15) is 27.6 Å². The lowest BCUT2D eigenvalue weighted by molar-refractivity contribution is 0.101. The Morgan fingerprint density at radius 1 is 1.10 bits per heavy atom. The van der Waals surface area contributed by atoms with Crippen molar-refractivity contribution in [3.63, 3.8) is 0 Å². The number of phenolic OH excluding ortho intramolecular Hbond substituents is 1. The fraction of sp³-hybridized carbons (Fsp3) is 0.0667. The smallest absolute Gasteiger partial charge is 0.258 e. The zero-order chi connectivity index (χ0) is 14.7. The molecule has 2 rings (SSSR count). The van der Waals surface area contributed by atoms with Gasteiger partial charge in [0.05, 0.1) is 5.56 Å². The molecule has 20 heavy (non-hydrogen) atoms. The van der Waals surface area contributed by atoms with E-state index in [0.717, 1.165) is 6.07 Å². The summed E-state index contributed by atoms with van der Waals surface area (Å²) >= 11 is 0. The van der Waals surface area contributed by atoms with Crippen molar-refractivity contribution in [2.75, 3.05) is 5.32 Å². The molecule has 0 aromatic heterocycles. The van der Waals surface area contributed by atoms with Gasteiger partial charge in [0.15, 0.2) is 5.78 Å². The number of ketones is 1. The van der Waals surface area contributed by atoms with Crippen LogP contribution in [-0.2, 0) is 0 Å². The van der Waals surface area contributed by atoms with E-state index in [1.165, 1.54) is 19.1 Å². The third-order valence-electron chi connectivity index (χ3n) is 2.75. The first kappa shape index (κ1) is 13.7. The summed E-state index contributed by atoms with van der Waals surface area (Å²) < 4.78 is 13.5. The van der Waals surface area contributed by atoms with Crippen LogP contribution in [0.3, 0.4) is 0 Å². The largest absolute Gasteiger partial charge is 0.508 e. The van der Waals surface area contributed by atoms with Gasteiger partial charge in [-0.3, -0.25) is 9.59 Å². The molecule has 0 radical (unpaired) electrons. The van der Waals surface area contributed by atoms with Gasteiger partial charge in [-0.25, -0.2) is 4.39 Å². The molecular weight excluding hydrogens is 261 g/mol. The predicted octanol–water partition coefficient (Wildman–Crippen LogP) is 2.99. The minimum atomic E-state index is -0.803. The van der Waals surface area contributed by atoms with Crippen LogP contribution in [0.25, 0.3) is 0 Å². The summed E-state index contributed by atoms with van der Waals surface area (Å²) in [5.74, 6) is -1.75. The Balaban J connectivity index is 2.17. The van der Waals surface area contributed by atoms with Gasteiger partial charge in [0.25, 0.3) is 5.91 Å². The van der Waals surface area contributed by atoms with E-state index >= 15 is 0 Å². The van der Waals surface area contributed by atoms with Gasteiger partial charge in [-0.1, -0.05) is 0 Å². The second kappa shape index (κ2) is 5.52. The number of aromatic hydroxyl groups is 1. The highest BCUT2D eigenvalue weighted by molar-refractivity contribution is 6.04. The highest BCUT2D eigenvalue weighted by atomic mass is 19.1. The van der Waals surface area contributed by atoms with Crippen molar-refractivity contribution in [3.05, 3.63) is 59.4 Å². The van der Waals surface area contributed by atoms with Gasteiger partial charge in [-0.2, -0.15) is 0 Å². The monoisotopic (exact) mass is 273 g/mol. The molecule has 0 spiro atoms. The zero-order valence-electron chi connectivity index (χ0n) is 10.7. The van der Waals surface area contributed by atoms with E-state index in [-0.39, 0.29) is 17.1 Å². The predicted molar refractivity (Wildman–Crippen MR) is 72.5 cm³/mol. The van der Waals surface area contributed by atoms with Gasteiger partial charge in [0.2, 0.25) is 0 Å². The van der Waals surface area contributed by atoms with Gasteiger partial charge in [0, 0.05) is 17.3 Å². The van der Waals surface area contributed by atoms with Gasteiger partial charge in [0.1, 0.15) is 11.6 Å². The van der Waals surface area contributed by atoms with E-state index in [9.17, 15) is 14.0 Å². The summed E-state index contributed by atoms with van der Waals surface area (Å²) in [4.78, 5) is 23.0. The fourth-order valence-electron chi connectivity index (χ4n) is 1.67. The highest BCUT2D eigenvalue weighted by Crippen LogP contribution is 2.17. The van der Waals surface area contributed by atoms with Crippen molar-refractivity contribution >= 4 is 17.4 Å². The quantitative estimate of drug-likeness (QED) is 0.845. The van der Waals surface area contributed by atoms with Crippen molar-refractivity contribution in [1.82, 2.24) is 0 Å². The first-order chi connectivity index (χ1) is 9.47. The molecule has 2 N–H and O–H groups in total. The summed E-state index contributed by atoms with van der Waals surface area (Å²) in [6.45, 7) is 1.44. The standard InChI is InChI=1S/C15H12FNO3/c1-9(18)10-2-4-11(5-3-10)17-15(20)13-7-6-12(19)8-14(13)16/h2-8,19H,1H3,(H,17,20). The first-order valence-electron chi connectivity index (χ1n) is 5.88. The van der Waals surface area contributed by atoms with Crippen LogP contribution >= 0.6 is 0 Å². The molecular formula is C15H12FNO3. The maximum absolute atomic E-state index is 13.5. The number of benzene rings is 2. The molecule has 2 aromatic rings. The number of phenols is 1. The summed E-state index contributed by atoms with van der Waals surface area (Å²) in [6, 6.07) is 9.57. The SMILES string of the molecule is CC(=O)c1ccc(NC(=O)c2ccc(O)cc2F)cc1. The van der Waals surface area contributed by atoms with E-state index in [1.54, 1.807) is 24.3 Å². The van der Waals surface area contributed by atoms with Crippen molar-refractivity contribution in [3.8, 4) is 5.75 Å². The van der Waals surface area contributed by atoms with Crippen molar-refractivity contribution in [2.24, 2.45) is 0 Å². The molecule has 0 fully saturated rings. The van der Waals surface area contributed by atoms with Crippen LogP contribution in [0.15, 0.2) is 42.5 Å². The summed E-state index contributed by atoms with van der Waals surface area (Å²) in [5, 5.41) is 11.6. The van der Waals surface area contributed by atoms with Gasteiger partial charge >= 0.3 is 0 Å². The number of carbonyl (C=O) groups excluding carboxylic acids is 2. The van der Waals surface area contributed by atoms with Gasteiger partial charge in [-0.05, 0) is 43.3 Å². The fourth-order valence-corrected chi connectivity index (χ4v) is 1.67. The maximum Gasteiger partial charge on any atom is 0.258 e. The number of amides is 1. The van der Waals surface area contributed by atoms with E-state index < -0.39 is 11.7 Å². The topological polar surface area (TPSA) is 66.4 Å². The number of Topliss-reactive ketones (excluding diaryl/α,β-unsaturated/α-hetero) is 1. The molecule has 0 heterocycles. The van der Waals surface area contributed by atoms with Crippen LogP contribution in [0.2, 0.25) is 0 Å². The summed E-state index contributed by atoms with van der Waals surface area (Å²) in [7, 11) is 0. The Morgan fingerprint density at radius 2 is 1.75 bits per heavy atom. The van der Waals surface area contributed by atoms with Gasteiger partial charge < -0.3 is 10.4 Å². The number of nitrogens with one attached hydrogen (secondary N) is 1. The molecule has 0 aliphatic carbocycles. The van der Waals surface area contributed by atoms with E-state index in [2.05, 4.69) is 5.32 Å². The van der Waals surface area contributed by atoms with E-state index in [0.29, 0.717) is 11.3 Å². The molecule has 0 bridgehead atoms. The van der Waals surface area contributed by atoms with Crippen LogP contribution < -0.4 is 5.32 Å². The number of halogens is 1. The second-order valence-corrected chi connectivity index (χ2v) is 4.25. The molecule has 1 amide bonds. The Labute approximate surface area is 114 Å². The van der Waals surface area contributed by atoms with Crippen LogP contribution in [0.4, 0.5) is 10.1 Å². The molecule has 4 nitrogen and oxygen atoms in total. The second-order valence-electron chi connectivity index (χ2n) is 4.25. The minimum absolute atomic E-state index is 0.0764. The number of hydrogen-bond acceptors (Lipinski definition) is 3. The van der Waals surface area contributed by atoms with Crippen molar-refractivity contribution in [1.29, 1.82) is 0 Å². The lowest BCUT2D eigenvalue weighted by Crippen LogP contribution is -2.13. The number of anilines is 1. The third kappa shape index (κ3) is 3.00.